The summed E-state index contributed by atoms with van der Waals surface area (Å²) in [5.74, 6) is 0. The fraction of sp³-hybridized carbons (Fsp3) is 0.750. The van der Waals surface area contributed by atoms with Gasteiger partial charge in [-0.1, -0.05) is 38.2 Å². The molecule has 0 heterocycles. The highest BCUT2D eigenvalue weighted by molar-refractivity contribution is 4.91. The van der Waals surface area contributed by atoms with Crippen LogP contribution in [0.3, 0.4) is 0 Å². The van der Waals surface area contributed by atoms with Crippen LogP contribution < -0.4 is 10.6 Å². The molecule has 2 N–H and O–H groups in total. The Labute approximate surface area is 124 Å². The monoisotopic (exact) mass is 284 g/mol. The molecule has 0 aromatic heterocycles. The van der Waals surface area contributed by atoms with Gasteiger partial charge in [0.2, 0.25) is 0 Å². The second-order valence-corrected chi connectivity index (χ2v) is 5.31. The standard InChI is InChI=1S/C16H32N2O2/c1-8-15(17-10-12(3)4)19-14(7)20-16(9-2)18-11-13(5)6/h14-18H,3,5,8-11H2,1-2,4,6-7H3. The Bertz CT molecular complexity index is 264. The maximum Gasteiger partial charge on any atom is 0.158 e. The smallest absolute Gasteiger partial charge is 0.158 e. The quantitative estimate of drug-likeness (QED) is 0.427. The van der Waals surface area contributed by atoms with Crippen molar-refractivity contribution in [2.24, 2.45) is 0 Å². The van der Waals surface area contributed by atoms with E-state index in [0.29, 0.717) is 0 Å². The lowest BCUT2D eigenvalue weighted by atomic mass is 10.3. The van der Waals surface area contributed by atoms with Crippen LogP contribution in [0.1, 0.15) is 47.5 Å². The summed E-state index contributed by atoms with van der Waals surface area (Å²) < 4.78 is 11.7. The zero-order chi connectivity index (χ0) is 15.5. The Morgan fingerprint density at radius 3 is 1.50 bits per heavy atom. The molecule has 20 heavy (non-hydrogen) atoms. The average molecular weight is 284 g/mol. The van der Waals surface area contributed by atoms with E-state index in [2.05, 4.69) is 37.6 Å². The molecule has 118 valence electrons. The van der Waals surface area contributed by atoms with Gasteiger partial charge in [-0.3, -0.25) is 10.6 Å². The number of nitrogens with one attached hydrogen (secondary N) is 2. The maximum absolute atomic E-state index is 5.85. The molecule has 0 spiro atoms. The van der Waals surface area contributed by atoms with Crippen molar-refractivity contribution in [2.75, 3.05) is 13.1 Å². The predicted octanol–water partition coefficient (Wildman–Crippen LogP) is 3.17. The van der Waals surface area contributed by atoms with Gasteiger partial charge in [-0.05, 0) is 33.6 Å². The molecule has 0 aliphatic heterocycles. The molecule has 0 aliphatic rings. The lowest BCUT2D eigenvalue weighted by molar-refractivity contribution is -0.196. The molecule has 4 heteroatoms. The molecule has 0 saturated carbocycles. The lowest BCUT2D eigenvalue weighted by Crippen LogP contribution is -2.40. The summed E-state index contributed by atoms with van der Waals surface area (Å²) in [6, 6.07) is 0. The van der Waals surface area contributed by atoms with Crippen molar-refractivity contribution in [1.29, 1.82) is 0 Å². The topological polar surface area (TPSA) is 42.5 Å². The minimum absolute atomic E-state index is 0.0136. The maximum atomic E-state index is 5.85. The molecule has 4 nitrogen and oxygen atoms in total. The van der Waals surface area contributed by atoms with Crippen molar-refractivity contribution in [2.45, 2.75) is 66.2 Å². The van der Waals surface area contributed by atoms with E-state index in [0.717, 1.165) is 37.1 Å². The Morgan fingerprint density at radius 1 is 0.900 bits per heavy atom. The molecule has 0 aromatic rings. The van der Waals surface area contributed by atoms with Gasteiger partial charge in [-0.15, -0.1) is 0 Å². The summed E-state index contributed by atoms with van der Waals surface area (Å²) in [5.41, 5.74) is 2.19. The first-order valence-corrected chi connectivity index (χ1v) is 7.45. The highest BCUT2D eigenvalue weighted by Gasteiger charge is 2.15. The van der Waals surface area contributed by atoms with Crippen LogP contribution in [0.2, 0.25) is 0 Å². The van der Waals surface area contributed by atoms with Gasteiger partial charge in [0, 0.05) is 13.1 Å². The molecule has 0 saturated heterocycles. The van der Waals surface area contributed by atoms with Crippen LogP contribution in [-0.2, 0) is 9.47 Å². The summed E-state index contributed by atoms with van der Waals surface area (Å²) in [4.78, 5) is 0. The second-order valence-electron chi connectivity index (χ2n) is 5.31. The van der Waals surface area contributed by atoms with Crippen molar-refractivity contribution in [3.05, 3.63) is 24.3 Å². The van der Waals surface area contributed by atoms with E-state index in [9.17, 15) is 0 Å². The van der Waals surface area contributed by atoms with Crippen molar-refractivity contribution in [3.8, 4) is 0 Å². The second kappa shape index (κ2) is 11.0. The summed E-state index contributed by atoms with van der Waals surface area (Å²) in [7, 11) is 0. The van der Waals surface area contributed by atoms with Crippen LogP contribution in [0.4, 0.5) is 0 Å². The number of rotatable bonds is 12. The van der Waals surface area contributed by atoms with Crippen LogP contribution in [0.15, 0.2) is 24.3 Å². The summed E-state index contributed by atoms with van der Waals surface area (Å²) in [6.07, 6.45) is 1.48. The summed E-state index contributed by atoms with van der Waals surface area (Å²) in [5, 5.41) is 6.61. The third-order valence-corrected chi connectivity index (χ3v) is 2.72. The van der Waals surface area contributed by atoms with E-state index >= 15 is 0 Å². The van der Waals surface area contributed by atoms with Crippen molar-refractivity contribution < 1.29 is 9.47 Å². The van der Waals surface area contributed by atoms with E-state index in [1.807, 2.05) is 20.8 Å². The van der Waals surface area contributed by atoms with Crippen LogP contribution in [0.5, 0.6) is 0 Å². The molecule has 2 atom stereocenters. The van der Waals surface area contributed by atoms with E-state index in [1.54, 1.807) is 0 Å². The molecule has 2 unspecified atom stereocenters. The van der Waals surface area contributed by atoms with Crippen molar-refractivity contribution in [3.63, 3.8) is 0 Å². The largest absolute Gasteiger partial charge is 0.335 e. The predicted molar refractivity (Wildman–Crippen MR) is 85.4 cm³/mol. The van der Waals surface area contributed by atoms with Crippen LogP contribution in [0, 0.1) is 0 Å². The van der Waals surface area contributed by atoms with Crippen LogP contribution in [-0.4, -0.2) is 31.8 Å². The van der Waals surface area contributed by atoms with Crippen LogP contribution >= 0.6 is 0 Å². The van der Waals surface area contributed by atoms with Gasteiger partial charge in [0.15, 0.2) is 6.29 Å². The third kappa shape index (κ3) is 10.1. The normalized spacial score (nSPS) is 15.7. The minimum Gasteiger partial charge on any atom is -0.335 e. The van der Waals surface area contributed by atoms with Crippen molar-refractivity contribution >= 4 is 0 Å². The third-order valence-electron chi connectivity index (χ3n) is 2.72. The molecular weight excluding hydrogens is 252 g/mol. The van der Waals surface area contributed by atoms with Crippen LogP contribution in [0.25, 0.3) is 0 Å². The van der Waals surface area contributed by atoms with E-state index in [1.165, 1.54) is 0 Å². The molecular formula is C16H32N2O2. The zero-order valence-electron chi connectivity index (χ0n) is 13.8. The van der Waals surface area contributed by atoms with E-state index in [4.69, 9.17) is 9.47 Å². The van der Waals surface area contributed by atoms with Gasteiger partial charge in [-0.25, -0.2) is 0 Å². The molecule has 0 bridgehead atoms. The summed E-state index contributed by atoms with van der Waals surface area (Å²) >= 11 is 0. The van der Waals surface area contributed by atoms with Gasteiger partial charge in [0.1, 0.15) is 12.5 Å². The minimum atomic E-state index is -0.264. The number of hydrogen-bond donors (Lipinski definition) is 2. The molecule has 0 radical (unpaired) electrons. The lowest BCUT2D eigenvalue weighted by Gasteiger charge is -2.26. The first-order valence-electron chi connectivity index (χ1n) is 7.45. The zero-order valence-corrected chi connectivity index (χ0v) is 13.8. The Kier molecular flexibility index (Phi) is 10.7. The average Bonchev–Trinajstić information content (AvgIpc) is 2.38. The fourth-order valence-corrected chi connectivity index (χ4v) is 1.65. The Morgan fingerprint density at radius 2 is 1.25 bits per heavy atom. The summed E-state index contributed by atoms with van der Waals surface area (Å²) in [6.45, 7) is 19.4. The SMILES string of the molecule is C=C(C)CNC(CC)OC(C)OC(CC)NCC(=C)C. The molecule has 0 aromatic carbocycles. The molecule has 0 rings (SSSR count). The molecule has 0 amide bonds. The van der Waals surface area contributed by atoms with E-state index in [-0.39, 0.29) is 18.7 Å². The van der Waals surface area contributed by atoms with Gasteiger partial charge >= 0.3 is 0 Å². The fourth-order valence-electron chi connectivity index (χ4n) is 1.65. The first kappa shape index (κ1) is 19.3. The van der Waals surface area contributed by atoms with Gasteiger partial charge < -0.3 is 9.47 Å². The molecule has 0 fully saturated rings. The van der Waals surface area contributed by atoms with Gasteiger partial charge in [0.05, 0.1) is 0 Å². The Hall–Kier alpha value is -0.680. The highest BCUT2D eigenvalue weighted by Crippen LogP contribution is 2.06. The number of hydrogen-bond acceptors (Lipinski definition) is 4. The van der Waals surface area contributed by atoms with E-state index < -0.39 is 0 Å². The van der Waals surface area contributed by atoms with Gasteiger partial charge in [-0.2, -0.15) is 0 Å². The highest BCUT2D eigenvalue weighted by atomic mass is 16.7. The number of ether oxygens (including phenoxy) is 2. The Balaban J connectivity index is 4.11. The van der Waals surface area contributed by atoms with Crippen molar-refractivity contribution in [1.82, 2.24) is 10.6 Å². The molecule has 0 aliphatic carbocycles. The van der Waals surface area contributed by atoms with Gasteiger partial charge in [0.25, 0.3) is 0 Å². The first-order chi connectivity index (χ1) is 9.38.